The highest BCUT2D eigenvalue weighted by molar-refractivity contribution is 8.13. The highest BCUT2D eigenvalue weighted by atomic mass is 32.2. The summed E-state index contributed by atoms with van der Waals surface area (Å²) in [6.45, 7) is 5.83. The largest absolute Gasteiger partial charge is 0.365 e. The van der Waals surface area contributed by atoms with Gasteiger partial charge in [-0.2, -0.15) is 0 Å². The van der Waals surface area contributed by atoms with E-state index in [4.69, 9.17) is 0 Å². The summed E-state index contributed by atoms with van der Waals surface area (Å²) in [6.07, 6.45) is 0.581. The number of benzene rings is 1. The molecule has 1 aliphatic rings. The number of rotatable bonds is 3. The smallest absolute Gasteiger partial charge is 0.156 e. The van der Waals surface area contributed by atoms with Gasteiger partial charge in [0.25, 0.3) is 0 Å². The van der Waals surface area contributed by atoms with Crippen LogP contribution in [0, 0.1) is 17.0 Å². The first-order valence-electron chi connectivity index (χ1n) is 6.31. The Kier molecular flexibility index (Phi) is 4.45. The molecule has 1 aromatic rings. The van der Waals surface area contributed by atoms with E-state index in [1.54, 1.807) is 11.8 Å². The molecule has 0 spiro atoms. The standard InChI is InChI=1S/C14H18F2N2S/c1-14(2)8-18-13(19-9-14)17-4-3-10-5-11(15)7-12(16)6-10/h5-7H,3-4,8-9H2,1-2H3,(H,17,18). The lowest BCUT2D eigenvalue weighted by Gasteiger charge is -2.27. The lowest BCUT2D eigenvalue weighted by atomic mass is 9.97. The van der Waals surface area contributed by atoms with Gasteiger partial charge in [-0.3, -0.25) is 4.99 Å². The van der Waals surface area contributed by atoms with Crippen molar-refractivity contribution < 1.29 is 8.78 Å². The van der Waals surface area contributed by atoms with Gasteiger partial charge in [0.15, 0.2) is 5.17 Å². The molecule has 0 atom stereocenters. The Morgan fingerprint density at radius 1 is 1.26 bits per heavy atom. The zero-order chi connectivity index (χ0) is 13.9. The van der Waals surface area contributed by atoms with Crippen LogP contribution in [0.25, 0.3) is 0 Å². The zero-order valence-electron chi connectivity index (χ0n) is 11.2. The van der Waals surface area contributed by atoms with E-state index in [-0.39, 0.29) is 5.41 Å². The van der Waals surface area contributed by atoms with E-state index in [9.17, 15) is 8.78 Å². The van der Waals surface area contributed by atoms with Crippen LogP contribution in [0.2, 0.25) is 0 Å². The van der Waals surface area contributed by atoms with Gasteiger partial charge < -0.3 is 5.32 Å². The maximum Gasteiger partial charge on any atom is 0.156 e. The predicted molar refractivity (Wildman–Crippen MR) is 76.6 cm³/mol. The molecule has 0 bridgehead atoms. The molecule has 5 heteroatoms. The van der Waals surface area contributed by atoms with Gasteiger partial charge in [0.05, 0.1) is 0 Å². The van der Waals surface area contributed by atoms with Gasteiger partial charge in [-0.1, -0.05) is 25.6 Å². The third-order valence-electron chi connectivity index (χ3n) is 2.86. The van der Waals surface area contributed by atoms with E-state index in [0.717, 1.165) is 23.5 Å². The van der Waals surface area contributed by atoms with Crippen LogP contribution >= 0.6 is 11.8 Å². The third-order valence-corrected chi connectivity index (χ3v) is 4.34. The third kappa shape index (κ3) is 4.49. The van der Waals surface area contributed by atoms with Crippen LogP contribution in [0.3, 0.4) is 0 Å². The average Bonchev–Trinajstić information content (AvgIpc) is 2.30. The number of hydrogen-bond acceptors (Lipinski definition) is 3. The van der Waals surface area contributed by atoms with Crippen molar-refractivity contribution in [2.24, 2.45) is 10.4 Å². The summed E-state index contributed by atoms with van der Waals surface area (Å²) in [5, 5.41) is 4.14. The number of nitrogens with zero attached hydrogens (tertiary/aromatic N) is 1. The van der Waals surface area contributed by atoms with Crippen LogP contribution in [0.1, 0.15) is 19.4 Å². The summed E-state index contributed by atoms with van der Waals surface area (Å²) in [7, 11) is 0. The summed E-state index contributed by atoms with van der Waals surface area (Å²) in [5.41, 5.74) is 0.911. The Bertz CT molecular complexity index is 466. The highest BCUT2D eigenvalue weighted by Gasteiger charge is 2.22. The Morgan fingerprint density at radius 3 is 2.53 bits per heavy atom. The monoisotopic (exact) mass is 284 g/mol. The second kappa shape index (κ2) is 5.90. The lowest BCUT2D eigenvalue weighted by Crippen LogP contribution is -2.32. The first kappa shape index (κ1) is 14.3. The van der Waals surface area contributed by atoms with Crippen molar-refractivity contribution in [1.82, 2.24) is 5.32 Å². The first-order chi connectivity index (χ1) is 8.94. The predicted octanol–water partition coefficient (Wildman–Crippen LogP) is 3.23. The molecule has 2 nitrogen and oxygen atoms in total. The fourth-order valence-electron chi connectivity index (χ4n) is 1.82. The van der Waals surface area contributed by atoms with Gasteiger partial charge in [-0.15, -0.1) is 0 Å². The Balaban J connectivity index is 1.82. The molecule has 0 saturated carbocycles. The maximum atomic E-state index is 13.0. The number of amidine groups is 1. The first-order valence-corrected chi connectivity index (χ1v) is 7.29. The molecule has 1 aromatic carbocycles. The lowest BCUT2D eigenvalue weighted by molar-refractivity contribution is 0.436. The normalized spacial score (nSPS) is 18.0. The molecule has 0 amide bonds. The van der Waals surface area contributed by atoms with Crippen LogP contribution in [0.15, 0.2) is 23.2 Å². The number of thioether (sulfide) groups is 1. The fraction of sp³-hybridized carbons (Fsp3) is 0.500. The van der Waals surface area contributed by atoms with E-state index in [1.165, 1.54) is 12.1 Å². The molecule has 0 aromatic heterocycles. The summed E-state index contributed by atoms with van der Waals surface area (Å²) in [6, 6.07) is 3.62. The summed E-state index contributed by atoms with van der Waals surface area (Å²) < 4.78 is 26.0. The van der Waals surface area contributed by atoms with Crippen LogP contribution in [-0.4, -0.2) is 24.0 Å². The molecule has 1 heterocycles. The molecule has 0 radical (unpaired) electrons. The quantitative estimate of drug-likeness (QED) is 0.921. The minimum atomic E-state index is -0.527. The van der Waals surface area contributed by atoms with Crippen molar-refractivity contribution >= 4 is 16.9 Å². The molecular weight excluding hydrogens is 266 g/mol. The van der Waals surface area contributed by atoms with Crippen LogP contribution in [0.4, 0.5) is 8.78 Å². The highest BCUT2D eigenvalue weighted by Crippen LogP contribution is 2.26. The number of nitrogens with one attached hydrogen (secondary N) is 1. The van der Waals surface area contributed by atoms with E-state index < -0.39 is 11.6 Å². The molecule has 0 fully saturated rings. The van der Waals surface area contributed by atoms with Gasteiger partial charge >= 0.3 is 0 Å². The summed E-state index contributed by atoms with van der Waals surface area (Å²) >= 11 is 1.70. The van der Waals surface area contributed by atoms with Gasteiger partial charge in [0, 0.05) is 24.9 Å². The number of halogens is 2. The van der Waals surface area contributed by atoms with Gasteiger partial charge in [-0.25, -0.2) is 8.78 Å². The molecular formula is C14H18F2N2S. The molecule has 1 N–H and O–H groups in total. The van der Waals surface area contributed by atoms with Crippen LogP contribution < -0.4 is 5.32 Å². The second-order valence-corrected chi connectivity index (χ2v) is 6.49. The summed E-state index contributed by atoms with van der Waals surface area (Å²) in [5.74, 6) is -0.0183. The molecule has 0 aliphatic carbocycles. The topological polar surface area (TPSA) is 24.4 Å². The van der Waals surface area contributed by atoms with Gasteiger partial charge in [0.2, 0.25) is 0 Å². The van der Waals surface area contributed by atoms with Crippen molar-refractivity contribution in [2.45, 2.75) is 20.3 Å². The molecule has 0 unspecified atom stereocenters. The van der Waals surface area contributed by atoms with Crippen LogP contribution in [-0.2, 0) is 6.42 Å². The SMILES string of the molecule is CC1(C)CN=C(NCCc2cc(F)cc(F)c2)SC1. The Hall–Kier alpha value is -1.10. The number of aliphatic imine (C=N–C) groups is 1. The van der Waals surface area contributed by atoms with E-state index in [0.29, 0.717) is 18.5 Å². The zero-order valence-corrected chi connectivity index (χ0v) is 12.0. The summed E-state index contributed by atoms with van der Waals surface area (Å²) in [4.78, 5) is 4.47. The Morgan fingerprint density at radius 2 is 1.95 bits per heavy atom. The molecule has 2 rings (SSSR count). The van der Waals surface area contributed by atoms with Crippen molar-refractivity contribution in [2.75, 3.05) is 18.8 Å². The fourth-order valence-corrected chi connectivity index (χ4v) is 2.80. The maximum absolute atomic E-state index is 13.0. The van der Waals surface area contributed by atoms with Crippen molar-refractivity contribution in [3.8, 4) is 0 Å². The molecule has 104 valence electrons. The average molecular weight is 284 g/mol. The minimum absolute atomic E-state index is 0.252. The number of hydrogen-bond donors (Lipinski definition) is 1. The van der Waals surface area contributed by atoms with E-state index in [1.807, 2.05) is 0 Å². The van der Waals surface area contributed by atoms with E-state index >= 15 is 0 Å². The van der Waals surface area contributed by atoms with Crippen molar-refractivity contribution in [3.05, 3.63) is 35.4 Å². The Labute approximate surface area is 116 Å². The van der Waals surface area contributed by atoms with Gasteiger partial charge in [0.1, 0.15) is 11.6 Å². The molecule has 1 aliphatic heterocycles. The second-order valence-electron chi connectivity index (χ2n) is 5.53. The van der Waals surface area contributed by atoms with Crippen molar-refractivity contribution in [3.63, 3.8) is 0 Å². The van der Waals surface area contributed by atoms with Crippen LogP contribution in [0.5, 0.6) is 0 Å². The molecule has 0 saturated heterocycles. The van der Waals surface area contributed by atoms with Crippen molar-refractivity contribution in [1.29, 1.82) is 0 Å². The molecule has 19 heavy (non-hydrogen) atoms. The minimum Gasteiger partial charge on any atom is -0.365 e. The van der Waals surface area contributed by atoms with Gasteiger partial charge in [-0.05, 0) is 29.5 Å². The van der Waals surface area contributed by atoms with E-state index in [2.05, 4.69) is 24.2 Å².